The number of hydrogen-bond acceptors (Lipinski definition) is 7. The second kappa shape index (κ2) is 8.49. The van der Waals surface area contributed by atoms with Crippen LogP contribution in [0.3, 0.4) is 0 Å². The number of aromatic nitrogens is 2. The van der Waals surface area contributed by atoms with Gasteiger partial charge in [-0.05, 0) is 45.6 Å². The van der Waals surface area contributed by atoms with Crippen LogP contribution in [0.5, 0.6) is 0 Å². The molecule has 33 heavy (non-hydrogen) atoms. The second-order valence-electron chi connectivity index (χ2n) is 8.94. The quantitative estimate of drug-likeness (QED) is 0.402. The van der Waals surface area contributed by atoms with Crippen molar-refractivity contribution < 1.29 is 28.4 Å². The van der Waals surface area contributed by atoms with Crippen LogP contribution in [0.15, 0.2) is 16.7 Å². The summed E-state index contributed by atoms with van der Waals surface area (Å²) >= 11 is 0. The van der Waals surface area contributed by atoms with Crippen molar-refractivity contribution in [1.29, 1.82) is 0 Å². The molecule has 1 aliphatic heterocycles. The number of aryl methyl sites for hydroxylation is 2. The van der Waals surface area contributed by atoms with Crippen LogP contribution >= 0.6 is 0 Å². The van der Waals surface area contributed by atoms with E-state index in [2.05, 4.69) is 10.5 Å². The van der Waals surface area contributed by atoms with E-state index in [0.29, 0.717) is 29.3 Å². The average Bonchev–Trinajstić information content (AvgIpc) is 3.39. The maximum Gasteiger partial charge on any atom is 0.326 e. The van der Waals surface area contributed by atoms with Gasteiger partial charge >= 0.3 is 12.0 Å². The van der Waals surface area contributed by atoms with E-state index in [1.807, 2.05) is 13.8 Å². The molecular formula is C23H28N4O6. The Morgan fingerprint density at radius 3 is 2.67 bits per heavy atom. The van der Waals surface area contributed by atoms with Crippen molar-refractivity contribution >= 4 is 23.7 Å². The van der Waals surface area contributed by atoms with Gasteiger partial charge in [-0.25, -0.2) is 4.79 Å². The molecule has 2 aromatic rings. The Balaban J connectivity index is 1.39. The van der Waals surface area contributed by atoms with E-state index >= 15 is 0 Å². The summed E-state index contributed by atoms with van der Waals surface area (Å²) in [5.41, 5.74) is 0.874. The predicted molar refractivity (Wildman–Crippen MR) is 116 cm³/mol. The molecule has 3 heterocycles. The fourth-order valence-corrected chi connectivity index (χ4v) is 4.89. The molecule has 4 rings (SSSR count). The van der Waals surface area contributed by atoms with Gasteiger partial charge in [-0.2, -0.15) is 0 Å². The third kappa shape index (κ3) is 3.94. The first kappa shape index (κ1) is 22.8. The smallest absolute Gasteiger partial charge is 0.326 e. The van der Waals surface area contributed by atoms with E-state index in [1.54, 1.807) is 30.5 Å². The molecule has 1 saturated heterocycles. The van der Waals surface area contributed by atoms with Crippen LogP contribution < -0.4 is 5.32 Å². The molecule has 3 amide bonds. The van der Waals surface area contributed by atoms with Gasteiger partial charge in [0.15, 0.2) is 12.4 Å². The third-order valence-corrected chi connectivity index (χ3v) is 6.73. The first-order valence-electron chi connectivity index (χ1n) is 11.1. The van der Waals surface area contributed by atoms with Gasteiger partial charge in [-0.3, -0.25) is 23.9 Å². The van der Waals surface area contributed by atoms with Gasteiger partial charge < -0.3 is 14.6 Å². The monoisotopic (exact) mass is 456 g/mol. The Kier molecular flexibility index (Phi) is 5.85. The number of carbonyl (C=O) groups excluding carboxylic acids is 4. The molecule has 1 aliphatic carbocycles. The lowest BCUT2D eigenvalue weighted by Gasteiger charge is -2.36. The van der Waals surface area contributed by atoms with E-state index in [9.17, 15) is 19.2 Å². The lowest BCUT2D eigenvalue weighted by molar-refractivity contribution is -0.147. The van der Waals surface area contributed by atoms with E-state index in [-0.39, 0.29) is 5.92 Å². The van der Waals surface area contributed by atoms with Crippen molar-refractivity contribution in [1.82, 2.24) is 19.9 Å². The number of nitrogens with zero attached hydrogens (tertiary/aromatic N) is 3. The number of urea groups is 1. The number of hydrogen-bond donors (Lipinski definition) is 1. The van der Waals surface area contributed by atoms with Crippen LogP contribution in [0, 0.1) is 26.7 Å². The zero-order valence-electron chi connectivity index (χ0n) is 19.3. The summed E-state index contributed by atoms with van der Waals surface area (Å²) < 4.78 is 12.0. The van der Waals surface area contributed by atoms with Gasteiger partial charge in [0, 0.05) is 23.0 Å². The fraction of sp³-hybridized carbons (Fsp3) is 0.522. The predicted octanol–water partition coefficient (Wildman–Crippen LogP) is 2.62. The number of amides is 3. The summed E-state index contributed by atoms with van der Waals surface area (Å²) in [6.07, 6.45) is 3.25. The Morgan fingerprint density at radius 2 is 2.00 bits per heavy atom. The highest BCUT2D eigenvalue weighted by atomic mass is 16.5. The topological polar surface area (TPSA) is 124 Å². The first-order valence-corrected chi connectivity index (χ1v) is 11.1. The zero-order chi connectivity index (χ0) is 23.9. The highest BCUT2D eigenvalue weighted by molar-refractivity contribution is 6.09. The number of ketones is 1. The lowest BCUT2D eigenvalue weighted by Crippen LogP contribution is -2.54. The number of carbonyl (C=O) groups is 4. The number of ether oxygens (including phenoxy) is 1. The molecule has 1 N–H and O–H groups in total. The highest BCUT2D eigenvalue weighted by Crippen LogP contribution is 2.38. The Labute approximate surface area is 191 Å². The lowest BCUT2D eigenvalue weighted by atomic mass is 9.73. The number of imide groups is 1. The molecule has 0 aromatic carbocycles. The van der Waals surface area contributed by atoms with E-state index in [4.69, 9.17) is 9.26 Å². The van der Waals surface area contributed by atoms with Gasteiger partial charge in [0.2, 0.25) is 5.78 Å². The summed E-state index contributed by atoms with van der Waals surface area (Å²) in [5, 5.41) is 6.78. The van der Waals surface area contributed by atoms with Crippen molar-refractivity contribution in [2.45, 2.75) is 58.9 Å². The first-order chi connectivity index (χ1) is 15.6. The average molecular weight is 456 g/mol. The third-order valence-electron chi connectivity index (χ3n) is 6.73. The molecule has 2 atom stereocenters. The summed E-state index contributed by atoms with van der Waals surface area (Å²) in [4.78, 5) is 51.4. The molecule has 2 fully saturated rings. The molecule has 1 spiro atoms. The maximum absolute atomic E-state index is 13.0. The zero-order valence-corrected chi connectivity index (χ0v) is 19.3. The number of esters is 1. The van der Waals surface area contributed by atoms with Crippen molar-refractivity contribution in [2.75, 3.05) is 13.2 Å². The second-order valence-corrected chi connectivity index (χ2v) is 8.94. The molecular weight excluding hydrogens is 428 g/mol. The van der Waals surface area contributed by atoms with Gasteiger partial charge in [0.25, 0.3) is 5.91 Å². The highest BCUT2D eigenvalue weighted by Gasteiger charge is 2.55. The van der Waals surface area contributed by atoms with Gasteiger partial charge in [-0.1, -0.05) is 24.9 Å². The van der Waals surface area contributed by atoms with E-state index in [0.717, 1.165) is 29.9 Å². The van der Waals surface area contributed by atoms with E-state index < -0.39 is 42.4 Å². The maximum atomic E-state index is 13.0. The summed E-state index contributed by atoms with van der Waals surface area (Å²) in [6, 6.07) is 2.86. The molecule has 1 saturated carbocycles. The molecule has 0 bridgehead atoms. The number of nitrogens with one attached hydrogen (secondary N) is 1. The minimum absolute atomic E-state index is 0.00551. The molecule has 2 unspecified atom stereocenters. The molecule has 0 radical (unpaired) electrons. The van der Waals surface area contributed by atoms with Crippen molar-refractivity contribution in [2.24, 2.45) is 5.92 Å². The van der Waals surface area contributed by atoms with Crippen LogP contribution in [-0.4, -0.2) is 57.0 Å². The minimum atomic E-state index is -0.942. The SMILES string of the molecule is Cc1cc(-n2c(C)cc(C(=O)COC(=O)CN3C(=O)NC4(CCCCC4C)C3=O)c2C)no1. The van der Waals surface area contributed by atoms with Crippen LogP contribution in [-0.2, 0) is 14.3 Å². The van der Waals surface area contributed by atoms with Crippen LogP contribution in [0.1, 0.15) is 60.1 Å². The summed E-state index contributed by atoms with van der Waals surface area (Å²) in [6.45, 7) is 6.30. The fourth-order valence-electron chi connectivity index (χ4n) is 4.89. The minimum Gasteiger partial charge on any atom is -0.456 e. The van der Waals surface area contributed by atoms with Crippen LogP contribution in [0.25, 0.3) is 5.82 Å². The Morgan fingerprint density at radius 1 is 1.24 bits per heavy atom. The normalized spacial score (nSPS) is 22.7. The molecule has 10 nitrogen and oxygen atoms in total. The van der Waals surface area contributed by atoms with Crippen molar-refractivity contribution in [3.05, 3.63) is 34.8 Å². The molecule has 2 aliphatic rings. The Bertz CT molecular complexity index is 1130. The standard InChI is InChI=1S/C23H28N4O6/c1-13-7-5-6-8-23(13)21(30)26(22(31)24-23)11-20(29)32-12-18(28)17-9-14(2)27(16(17)4)19-10-15(3)33-25-19/h9-10,13H,5-8,11-12H2,1-4H3,(H,24,31). The molecule has 176 valence electrons. The van der Waals surface area contributed by atoms with Gasteiger partial charge in [0.05, 0.1) is 0 Å². The van der Waals surface area contributed by atoms with Crippen molar-refractivity contribution in [3.8, 4) is 5.82 Å². The summed E-state index contributed by atoms with van der Waals surface area (Å²) in [7, 11) is 0. The van der Waals surface area contributed by atoms with Gasteiger partial charge in [-0.15, -0.1) is 0 Å². The molecule has 10 heteroatoms. The van der Waals surface area contributed by atoms with E-state index in [1.165, 1.54) is 0 Å². The van der Waals surface area contributed by atoms with Gasteiger partial charge in [0.1, 0.15) is 17.8 Å². The molecule has 2 aromatic heterocycles. The van der Waals surface area contributed by atoms with Crippen molar-refractivity contribution in [3.63, 3.8) is 0 Å². The Hall–Kier alpha value is -3.43. The van der Waals surface area contributed by atoms with Crippen LogP contribution in [0.4, 0.5) is 4.79 Å². The largest absolute Gasteiger partial charge is 0.456 e. The summed E-state index contributed by atoms with van der Waals surface area (Å²) in [5.74, 6) is -0.401. The number of Topliss-reactive ketones (excluding diaryl/α,β-unsaturated/α-hetero) is 1. The number of rotatable bonds is 6. The van der Waals surface area contributed by atoms with Crippen LogP contribution in [0.2, 0.25) is 0 Å².